The fourth-order valence-electron chi connectivity index (χ4n) is 4.61. The zero-order chi connectivity index (χ0) is 22.3. The summed E-state index contributed by atoms with van der Waals surface area (Å²) in [7, 11) is 0. The predicted molar refractivity (Wildman–Crippen MR) is 127 cm³/mol. The first-order chi connectivity index (χ1) is 15.6. The molecule has 2 aliphatic heterocycles. The van der Waals surface area contributed by atoms with Gasteiger partial charge in [-0.05, 0) is 81.4 Å². The highest BCUT2D eigenvalue weighted by Gasteiger charge is 2.23. The molecule has 0 spiro atoms. The van der Waals surface area contributed by atoms with E-state index in [9.17, 15) is 9.59 Å². The third kappa shape index (κ3) is 5.65. The van der Waals surface area contributed by atoms with E-state index < -0.39 is 0 Å². The number of piperidine rings is 2. The Hall–Kier alpha value is -2.93. The van der Waals surface area contributed by atoms with Gasteiger partial charge in [-0.2, -0.15) is 0 Å². The highest BCUT2D eigenvalue weighted by molar-refractivity contribution is 6.07. The summed E-state index contributed by atoms with van der Waals surface area (Å²) < 4.78 is 0. The van der Waals surface area contributed by atoms with Gasteiger partial charge in [-0.1, -0.05) is 12.1 Å². The number of anilines is 2. The molecule has 2 aromatic rings. The second kappa shape index (κ2) is 10.6. The SMILES string of the molecule is NC(=O)C1CCN(CCc2ccc(NC(=O)c3cccnc3N3CCCCC3)cc2)CC1. The van der Waals surface area contributed by atoms with E-state index in [0.29, 0.717) is 5.56 Å². The van der Waals surface area contributed by atoms with E-state index in [0.717, 1.165) is 76.3 Å². The number of benzene rings is 1. The number of hydrogen-bond acceptors (Lipinski definition) is 5. The first kappa shape index (κ1) is 22.3. The molecule has 7 heteroatoms. The minimum absolute atomic E-state index is 0.0318. The summed E-state index contributed by atoms with van der Waals surface area (Å²) in [5.41, 5.74) is 8.06. The number of amides is 2. The Morgan fingerprint density at radius 2 is 1.72 bits per heavy atom. The zero-order valence-electron chi connectivity index (χ0n) is 18.6. The molecule has 170 valence electrons. The molecule has 7 nitrogen and oxygen atoms in total. The van der Waals surface area contributed by atoms with Crippen molar-refractivity contribution in [1.82, 2.24) is 9.88 Å². The molecule has 2 aliphatic rings. The molecule has 1 aromatic heterocycles. The molecule has 0 aliphatic carbocycles. The van der Waals surface area contributed by atoms with Crippen molar-refractivity contribution < 1.29 is 9.59 Å². The number of hydrogen-bond donors (Lipinski definition) is 2. The molecule has 2 saturated heterocycles. The van der Waals surface area contributed by atoms with E-state index >= 15 is 0 Å². The molecule has 32 heavy (non-hydrogen) atoms. The Labute approximate surface area is 190 Å². The molecule has 3 heterocycles. The Morgan fingerprint density at radius 1 is 1.00 bits per heavy atom. The van der Waals surface area contributed by atoms with Gasteiger partial charge >= 0.3 is 0 Å². The van der Waals surface area contributed by atoms with Gasteiger partial charge in [-0.3, -0.25) is 9.59 Å². The third-order valence-electron chi connectivity index (χ3n) is 6.61. The van der Waals surface area contributed by atoms with E-state index in [1.807, 2.05) is 24.3 Å². The maximum absolute atomic E-state index is 13.0. The predicted octanol–water partition coefficient (Wildman–Crippen LogP) is 3.06. The van der Waals surface area contributed by atoms with Crippen molar-refractivity contribution in [1.29, 1.82) is 0 Å². The summed E-state index contributed by atoms with van der Waals surface area (Å²) in [6.07, 6.45) is 7.93. The highest BCUT2D eigenvalue weighted by atomic mass is 16.2. The summed E-state index contributed by atoms with van der Waals surface area (Å²) >= 11 is 0. The molecule has 2 amide bonds. The Morgan fingerprint density at radius 3 is 2.41 bits per heavy atom. The lowest BCUT2D eigenvalue weighted by Gasteiger charge is -2.30. The Kier molecular flexibility index (Phi) is 7.37. The standard InChI is InChI=1S/C25H33N5O2/c26-23(31)20-11-17-29(18-12-20)16-10-19-6-8-21(9-7-19)28-25(32)22-5-4-13-27-24(22)30-14-2-1-3-15-30/h4-9,13,20H,1-3,10-12,14-18H2,(H2,26,31)(H,28,32). The average molecular weight is 436 g/mol. The maximum atomic E-state index is 13.0. The van der Waals surface area contributed by atoms with Crippen molar-refractivity contribution in [2.75, 3.05) is 42.9 Å². The number of pyridine rings is 1. The molecule has 4 rings (SSSR count). The van der Waals surface area contributed by atoms with Gasteiger partial charge in [0, 0.05) is 37.4 Å². The largest absolute Gasteiger partial charge is 0.369 e. The summed E-state index contributed by atoms with van der Waals surface area (Å²) in [4.78, 5) is 33.4. The molecule has 0 unspecified atom stereocenters. The number of rotatable bonds is 7. The third-order valence-corrected chi connectivity index (χ3v) is 6.61. The van der Waals surface area contributed by atoms with Crippen LogP contribution in [0.5, 0.6) is 0 Å². The molecule has 0 atom stereocenters. The minimum Gasteiger partial charge on any atom is -0.369 e. The van der Waals surface area contributed by atoms with Gasteiger partial charge in [0.2, 0.25) is 5.91 Å². The second-order valence-corrected chi connectivity index (χ2v) is 8.84. The van der Waals surface area contributed by atoms with E-state index in [4.69, 9.17) is 5.73 Å². The van der Waals surface area contributed by atoms with Crippen molar-refractivity contribution in [3.63, 3.8) is 0 Å². The summed E-state index contributed by atoms with van der Waals surface area (Å²) in [6, 6.07) is 11.7. The number of primary amides is 1. The normalized spacial score (nSPS) is 17.8. The number of carbonyl (C=O) groups excluding carboxylic acids is 2. The van der Waals surface area contributed by atoms with Crippen LogP contribution in [0.3, 0.4) is 0 Å². The van der Waals surface area contributed by atoms with Crippen LogP contribution in [0.15, 0.2) is 42.6 Å². The van der Waals surface area contributed by atoms with Gasteiger partial charge in [0.25, 0.3) is 5.91 Å². The average Bonchev–Trinajstić information content (AvgIpc) is 2.84. The lowest BCUT2D eigenvalue weighted by Crippen LogP contribution is -2.39. The van der Waals surface area contributed by atoms with Crippen LogP contribution in [-0.2, 0) is 11.2 Å². The van der Waals surface area contributed by atoms with Gasteiger partial charge in [0.15, 0.2) is 0 Å². The summed E-state index contributed by atoms with van der Waals surface area (Å²) in [5, 5.41) is 3.03. The van der Waals surface area contributed by atoms with Crippen LogP contribution < -0.4 is 16.0 Å². The van der Waals surface area contributed by atoms with E-state index in [1.165, 1.54) is 12.0 Å². The van der Waals surface area contributed by atoms with Gasteiger partial charge in [0.05, 0.1) is 5.56 Å². The fraction of sp³-hybridized carbons (Fsp3) is 0.480. The van der Waals surface area contributed by atoms with E-state index in [-0.39, 0.29) is 17.7 Å². The topological polar surface area (TPSA) is 91.6 Å². The molecular weight excluding hydrogens is 402 g/mol. The van der Waals surface area contributed by atoms with Crippen molar-refractivity contribution in [3.8, 4) is 0 Å². The number of nitrogens with zero attached hydrogens (tertiary/aromatic N) is 3. The number of aromatic nitrogens is 1. The maximum Gasteiger partial charge on any atom is 0.259 e. The van der Waals surface area contributed by atoms with Crippen LogP contribution in [0.25, 0.3) is 0 Å². The van der Waals surface area contributed by atoms with Crippen molar-refractivity contribution >= 4 is 23.3 Å². The van der Waals surface area contributed by atoms with Crippen LogP contribution in [-0.4, -0.2) is 54.4 Å². The highest BCUT2D eigenvalue weighted by Crippen LogP contribution is 2.23. The summed E-state index contributed by atoms with van der Waals surface area (Å²) in [5.74, 6) is 0.520. The van der Waals surface area contributed by atoms with E-state index in [1.54, 1.807) is 6.20 Å². The zero-order valence-corrected chi connectivity index (χ0v) is 18.6. The smallest absolute Gasteiger partial charge is 0.259 e. The van der Waals surface area contributed by atoms with Gasteiger partial charge in [-0.25, -0.2) is 4.98 Å². The van der Waals surface area contributed by atoms with Crippen LogP contribution in [0.2, 0.25) is 0 Å². The molecule has 1 aromatic carbocycles. The number of nitrogens with two attached hydrogens (primary N) is 1. The quantitative estimate of drug-likeness (QED) is 0.697. The number of nitrogens with one attached hydrogen (secondary N) is 1. The molecular formula is C25H33N5O2. The number of carbonyl (C=O) groups is 2. The van der Waals surface area contributed by atoms with Crippen LogP contribution >= 0.6 is 0 Å². The van der Waals surface area contributed by atoms with Gasteiger partial charge in [0.1, 0.15) is 5.82 Å². The molecule has 2 fully saturated rings. The van der Waals surface area contributed by atoms with Crippen molar-refractivity contribution in [2.45, 2.75) is 38.5 Å². The van der Waals surface area contributed by atoms with Crippen LogP contribution in [0.1, 0.15) is 48.0 Å². The fourth-order valence-corrected chi connectivity index (χ4v) is 4.61. The lowest BCUT2D eigenvalue weighted by molar-refractivity contribution is -0.123. The molecule has 0 radical (unpaired) electrons. The monoisotopic (exact) mass is 435 g/mol. The van der Waals surface area contributed by atoms with Crippen molar-refractivity contribution in [3.05, 3.63) is 53.7 Å². The first-order valence-corrected chi connectivity index (χ1v) is 11.7. The number of likely N-dealkylation sites (tertiary alicyclic amines) is 1. The first-order valence-electron chi connectivity index (χ1n) is 11.7. The second-order valence-electron chi connectivity index (χ2n) is 8.84. The molecule has 0 saturated carbocycles. The minimum atomic E-state index is -0.170. The Bertz CT molecular complexity index is 916. The van der Waals surface area contributed by atoms with Gasteiger partial charge in [-0.15, -0.1) is 0 Å². The molecule has 0 bridgehead atoms. The van der Waals surface area contributed by atoms with E-state index in [2.05, 4.69) is 32.2 Å². The Balaban J connectivity index is 1.30. The lowest BCUT2D eigenvalue weighted by atomic mass is 9.96. The van der Waals surface area contributed by atoms with Gasteiger partial charge < -0.3 is 20.9 Å². The molecule has 3 N–H and O–H groups in total. The van der Waals surface area contributed by atoms with Crippen LogP contribution in [0.4, 0.5) is 11.5 Å². The summed E-state index contributed by atoms with van der Waals surface area (Å²) in [6.45, 7) is 4.71. The van der Waals surface area contributed by atoms with Crippen molar-refractivity contribution in [2.24, 2.45) is 11.7 Å². The van der Waals surface area contributed by atoms with Crippen LogP contribution in [0, 0.1) is 5.92 Å².